The van der Waals surface area contributed by atoms with E-state index in [2.05, 4.69) is 19.1 Å². The third-order valence-corrected chi connectivity index (χ3v) is 4.41. The fraction of sp³-hybridized carbons (Fsp3) is 0.625. The Bertz CT molecular complexity index is 377. The Kier molecular flexibility index (Phi) is 4.65. The maximum absolute atomic E-state index is 6.48. The largest absolute Gasteiger partial charge is 0.496 e. The second kappa shape index (κ2) is 6.24. The second-order valence-corrected chi connectivity index (χ2v) is 5.47. The molecule has 1 fully saturated rings. The van der Waals surface area contributed by atoms with Crippen LogP contribution in [0.15, 0.2) is 24.3 Å². The fourth-order valence-corrected chi connectivity index (χ4v) is 3.23. The highest BCUT2D eigenvalue weighted by Crippen LogP contribution is 2.39. The molecule has 0 amide bonds. The van der Waals surface area contributed by atoms with Crippen LogP contribution >= 0.6 is 0 Å². The van der Waals surface area contributed by atoms with Crippen LogP contribution in [0.3, 0.4) is 0 Å². The zero-order valence-electron chi connectivity index (χ0n) is 11.6. The smallest absolute Gasteiger partial charge is 0.123 e. The van der Waals surface area contributed by atoms with Crippen molar-refractivity contribution in [3.8, 4) is 5.75 Å². The fourth-order valence-electron chi connectivity index (χ4n) is 3.23. The predicted octanol–water partition coefficient (Wildman–Crippen LogP) is 3.91. The predicted molar refractivity (Wildman–Crippen MR) is 75.7 cm³/mol. The van der Waals surface area contributed by atoms with E-state index in [4.69, 9.17) is 10.5 Å². The molecule has 1 aromatic rings. The van der Waals surface area contributed by atoms with E-state index in [1.165, 1.54) is 37.7 Å². The Labute approximate surface area is 111 Å². The second-order valence-electron chi connectivity index (χ2n) is 5.47. The lowest BCUT2D eigenvalue weighted by molar-refractivity contribution is 0.228. The lowest BCUT2D eigenvalue weighted by atomic mass is 9.75. The molecular formula is C16H25NO. The average molecular weight is 247 g/mol. The molecule has 0 heterocycles. The first kappa shape index (κ1) is 13.4. The van der Waals surface area contributed by atoms with Crippen molar-refractivity contribution in [3.05, 3.63) is 29.8 Å². The molecule has 0 aromatic heterocycles. The SMILES string of the molecule is CCC1CCCC(C(N)c2ccccc2OC)C1. The Hall–Kier alpha value is -1.02. The average Bonchev–Trinajstić information content (AvgIpc) is 2.46. The van der Waals surface area contributed by atoms with Gasteiger partial charge in [0.25, 0.3) is 0 Å². The minimum absolute atomic E-state index is 0.121. The van der Waals surface area contributed by atoms with E-state index < -0.39 is 0 Å². The van der Waals surface area contributed by atoms with Crippen LogP contribution < -0.4 is 10.5 Å². The van der Waals surface area contributed by atoms with Gasteiger partial charge in [-0.05, 0) is 30.7 Å². The van der Waals surface area contributed by atoms with Crippen molar-refractivity contribution >= 4 is 0 Å². The monoisotopic (exact) mass is 247 g/mol. The molecule has 0 bridgehead atoms. The first-order valence-corrected chi connectivity index (χ1v) is 7.14. The molecule has 2 rings (SSSR count). The van der Waals surface area contributed by atoms with Crippen LogP contribution in [-0.4, -0.2) is 7.11 Å². The molecule has 1 aliphatic carbocycles. The molecule has 2 nitrogen and oxygen atoms in total. The van der Waals surface area contributed by atoms with Crippen molar-refractivity contribution in [1.29, 1.82) is 0 Å². The number of para-hydroxylation sites is 1. The van der Waals surface area contributed by atoms with E-state index in [1.807, 2.05) is 12.1 Å². The van der Waals surface area contributed by atoms with E-state index in [0.717, 1.165) is 11.7 Å². The third-order valence-electron chi connectivity index (χ3n) is 4.41. The quantitative estimate of drug-likeness (QED) is 0.875. The lowest BCUT2D eigenvalue weighted by Crippen LogP contribution is -2.27. The first-order chi connectivity index (χ1) is 8.76. The van der Waals surface area contributed by atoms with Crippen molar-refractivity contribution in [2.75, 3.05) is 7.11 Å². The van der Waals surface area contributed by atoms with Crippen molar-refractivity contribution in [2.45, 2.75) is 45.1 Å². The highest BCUT2D eigenvalue weighted by molar-refractivity contribution is 5.36. The van der Waals surface area contributed by atoms with Gasteiger partial charge in [0, 0.05) is 11.6 Å². The van der Waals surface area contributed by atoms with Crippen LogP contribution in [0.25, 0.3) is 0 Å². The maximum Gasteiger partial charge on any atom is 0.123 e. The van der Waals surface area contributed by atoms with Crippen LogP contribution in [0.2, 0.25) is 0 Å². The molecule has 18 heavy (non-hydrogen) atoms. The van der Waals surface area contributed by atoms with E-state index in [1.54, 1.807) is 7.11 Å². The summed E-state index contributed by atoms with van der Waals surface area (Å²) in [6.07, 6.45) is 6.53. The summed E-state index contributed by atoms with van der Waals surface area (Å²) in [5.41, 5.74) is 7.65. The molecule has 1 saturated carbocycles. The van der Waals surface area contributed by atoms with Crippen LogP contribution in [-0.2, 0) is 0 Å². The minimum Gasteiger partial charge on any atom is -0.496 e. The Balaban J connectivity index is 2.12. The molecule has 0 aliphatic heterocycles. The summed E-state index contributed by atoms with van der Waals surface area (Å²) in [6.45, 7) is 2.29. The van der Waals surface area contributed by atoms with Crippen LogP contribution in [0.4, 0.5) is 0 Å². The topological polar surface area (TPSA) is 35.2 Å². The summed E-state index contributed by atoms with van der Waals surface area (Å²) in [5.74, 6) is 2.41. The van der Waals surface area contributed by atoms with Crippen molar-refractivity contribution < 1.29 is 4.74 Å². The molecule has 2 heteroatoms. The standard InChI is InChI=1S/C16H25NO/c1-3-12-7-6-8-13(11-12)16(17)14-9-4-5-10-15(14)18-2/h4-5,9-10,12-13,16H,3,6-8,11,17H2,1-2H3. The molecular weight excluding hydrogens is 222 g/mol. The van der Waals surface area contributed by atoms with Gasteiger partial charge in [-0.15, -0.1) is 0 Å². The van der Waals surface area contributed by atoms with Crippen molar-refractivity contribution in [3.63, 3.8) is 0 Å². The Morgan fingerprint density at radius 3 is 2.83 bits per heavy atom. The van der Waals surface area contributed by atoms with Gasteiger partial charge in [0.2, 0.25) is 0 Å². The van der Waals surface area contributed by atoms with E-state index in [9.17, 15) is 0 Å². The highest BCUT2D eigenvalue weighted by Gasteiger charge is 2.27. The van der Waals surface area contributed by atoms with Gasteiger partial charge >= 0.3 is 0 Å². The normalized spacial score (nSPS) is 25.7. The number of hydrogen-bond donors (Lipinski definition) is 1. The van der Waals surface area contributed by atoms with Gasteiger partial charge in [-0.2, -0.15) is 0 Å². The number of benzene rings is 1. The zero-order chi connectivity index (χ0) is 13.0. The lowest BCUT2D eigenvalue weighted by Gasteiger charge is -2.33. The first-order valence-electron chi connectivity index (χ1n) is 7.14. The molecule has 100 valence electrons. The number of hydrogen-bond acceptors (Lipinski definition) is 2. The molecule has 1 aliphatic rings. The van der Waals surface area contributed by atoms with Crippen molar-refractivity contribution in [1.82, 2.24) is 0 Å². The summed E-state index contributed by atoms with van der Waals surface area (Å²) in [4.78, 5) is 0. The Morgan fingerprint density at radius 2 is 2.11 bits per heavy atom. The number of rotatable bonds is 4. The summed E-state index contributed by atoms with van der Waals surface area (Å²) in [7, 11) is 1.72. The molecule has 1 aromatic carbocycles. The third kappa shape index (κ3) is 2.86. The Morgan fingerprint density at radius 1 is 1.33 bits per heavy atom. The maximum atomic E-state index is 6.48. The minimum atomic E-state index is 0.121. The molecule has 2 N–H and O–H groups in total. The summed E-state index contributed by atoms with van der Waals surface area (Å²) in [6, 6.07) is 8.30. The number of methoxy groups -OCH3 is 1. The van der Waals surface area contributed by atoms with Crippen LogP contribution in [0.5, 0.6) is 5.75 Å². The number of nitrogens with two attached hydrogens (primary N) is 1. The zero-order valence-corrected chi connectivity index (χ0v) is 11.6. The van der Waals surface area contributed by atoms with Gasteiger partial charge in [0.1, 0.15) is 5.75 Å². The molecule has 0 radical (unpaired) electrons. The summed E-state index contributed by atoms with van der Waals surface area (Å²) >= 11 is 0. The highest BCUT2D eigenvalue weighted by atomic mass is 16.5. The molecule has 0 spiro atoms. The molecule has 3 unspecified atom stereocenters. The van der Waals surface area contributed by atoms with E-state index in [0.29, 0.717) is 5.92 Å². The summed E-state index contributed by atoms with van der Waals surface area (Å²) in [5, 5.41) is 0. The van der Waals surface area contributed by atoms with E-state index in [-0.39, 0.29) is 6.04 Å². The van der Waals surface area contributed by atoms with Crippen molar-refractivity contribution in [2.24, 2.45) is 17.6 Å². The van der Waals surface area contributed by atoms with Gasteiger partial charge in [0.05, 0.1) is 7.11 Å². The van der Waals surface area contributed by atoms with Gasteiger partial charge in [-0.1, -0.05) is 44.4 Å². The molecule has 0 saturated heterocycles. The van der Waals surface area contributed by atoms with Gasteiger partial charge in [0.15, 0.2) is 0 Å². The van der Waals surface area contributed by atoms with E-state index >= 15 is 0 Å². The van der Waals surface area contributed by atoms with Gasteiger partial charge < -0.3 is 10.5 Å². The van der Waals surface area contributed by atoms with Crippen LogP contribution in [0.1, 0.15) is 50.6 Å². The van der Waals surface area contributed by atoms with Gasteiger partial charge in [-0.3, -0.25) is 0 Å². The van der Waals surface area contributed by atoms with Gasteiger partial charge in [-0.25, -0.2) is 0 Å². The van der Waals surface area contributed by atoms with Crippen LogP contribution in [0, 0.1) is 11.8 Å². The summed E-state index contributed by atoms with van der Waals surface area (Å²) < 4.78 is 5.43. The number of ether oxygens (including phenoxy) is 1. The molecule has 3 atom stereocenters.